The molecule has 1 fully saturated rings. The van der Waals surface area contributed by atoms with Crippen LogP contribution in [0.5, 0.6) is 0 Å². The van der Waals surface area contributed by atoms with Crippen LogP contribution in [0.25, 0.3) is 0 Å². The van der Waals surface area contributed by atoms with Gasteiger partial charge in [-0.25, -0.2) is 9.78 Å². The topological polar surface area (TPSA) is 53.4 Å². The summed E-state index contributed by atoms with van der Waals surface area (Å²) in [7, 11) is 0. The fourth-order valence-electron chi connectivity index (χ4n) is 2.30. The Morgan fingerprint density at radius 3 is 2.30 bits per heavy atom. The number of aromatic carboxylic acids is 1. The minimum Gasteiger partial charge on any atom is -0.478 e. The number of aromatic nitrogens is 1. The van der Waals surface area contributed by atoms with E-state index in [-0.39, 0.29) is 11.4 Å². The van der Waals surface area contributed by atoms with E-state index in [4.69, 9.17) is 5.11 Å². The molecule has 0 spiro atoms. The first-order chi connectivity index (χ1) is 9.39. The minimum absolute atomic E-state index is 0.132. The Hall–Kier alpha value is -1.79. The van der Waals surface area contributed by atoms with Crippen LogP contribution in [-0.4, -0.2) is 29.1 Å². The highest BCUT2D eigenvalue weighted by atomic mass is 19.4. The van der Waals surface area contributed by atoms with Crippen LogP contribution in [0.2, 0.25) is 0 Å². The Morgan fingerprint density at radius 2 is 1.80 bits per heavy atom. The van der Waals surface area contributed by atoms with E-state index in [1.165, 1.54) is 0 Å². The second-order valence-corrected chi connectivity index (χ2v) is 4.80. The van der Waals surface area contributed by atoms with Gasteiger partial charge in [-0.3, -0.25) is 0 Å². The van der Waals surface area contributed by atoms with Gasteiger partial charge in [-0.05, 0) is 18.9 Å². The van der Waals surface area contributed by atoms with Gasteiger partial charge in [0, 0.05) is 19.3 Å². The number of halogens is 3. The lowest BCUT2D eigenvalue weighted by Gasteiger charge is -2.23. The van der Waals surface area contributed by atoms with Crippen molar-refractivity contribution in [2.75, 3.05) is 18.0 Å². The summed E-state index contributed by atoms with van der Waals surface area (Å²) < 4.78 is 37.9. The second kappa shape index (κ2) is 5.68. The standard InChI is InChI=1S/C13H15F3N2O2/c14-13(15,16)9-7-10(12(19)20)11(17-8-9)18-5-3-1-2-4-6-18/h7-8H,1-6H2,(H,19,20). The van der Waals surface area contributed by atoms with Gasteiger partial charge in [0.25, 0.3) is 0 Å². The number of rotatable bonds is 2. The highest BCUT2D eigenvalue weighted by Gasteiger charge is 2.33. The minimum atomic E-state index is -4.59. The highest BCUT2D eigenvalue weighted by molar-refractivity contribution is 5.93. The number of anilines is 1. The molecule has 20 heavy (non-hydrogen) atoms. The molecule has 2 heterocycles. The van der Waals surface area contributed by atoms with Crippen molar-refractivity contribution >= 4 is 11.8 Å². The normalized spacial score (nSPS) is 16.9. The summed E-state index contributed by atoms with van der Waals surface area (Å²) in [5.41, 5.74) is -1.42. The van der Waals surface area contributed by atoms with E-state index in [0.29, 0.717) is 25.4 Å². The lowest BCUT2D eigenvalue weighted by molar-refractivity contribution is -0.137. The SMILES string of the molecule is O=C(O)c1cc(C(F)(F)F)cnc1N1CCCCCC1. The molecule has 0 amide bonds. The smallest absolute Gasteiger partial charge is 0.417 e. The zero-order valence-corrected chi connectivity index (χ0v) is 10.8. The molecule has 0 atom stereocenters. The van der Waals surface area contributed by atoms with Crippen molar-refractivity contribution in [3.8, 4) is 0 Å². The maximum atomic E-state index is 12.6. The van der Waals surface area contributed by atoms with Gasteiger partial charge in [0.05, 0.1) is 5.56 Å². The predicted molar refractivity (Wildman–Crippen MR) is 66.9 cm³/mol. The van der Waals surface area contributed by atoms with Crippen LogP contribution >= 0.6 is 0 Å². The van der Waals surface area contributed by atoms with Gasteiger partial charge < -0.3 is 10.0 Å². The van der Waals surface area contributed by atoms with Crippen molar-refractivity contribution in [1.82, 2.24) is 4.98 Å². The molecule has 1 N–H and O–H groups in total. The van der Waals surface area contributed by atoms with Crippen LogP contribution in [0.1, 0.15) is 41.6 Å². The van der Waals surface area contributed by atoms with E-state index in [2.05, 4.69) is 4.98 Å². The lowest BCUT2D eigenvalue weighted by atomic mass is 10.1. The Morgan fingerprint density at radius 1 is 1.20 bits per heavy atom. The Labute approximate surface area is 114 Å². The van der Waals surface area contributed by atoms with E-state index in [1.807, 2.05) is 0 Å². The number of hydrogen-bond donors (Lipinski definition) is 1. The number of pyridine rings is 1. The summed E-state index contributed by atoms with van der Waals surface area (Å²) in [5, 5.41) is 9.12. The van der Waals surface area contributed by atoms with Crippen LogP contribution in [0.3, 0.4) is 0 Å². The van der Waals surface area contributed by atoms with Crippen molar-refractivity contribution in [3.05, 3.63) is 23.4 Å². The quantitative estimate of drug-likeness (QED) is 0.908. The lowest BCUT2D eigenvalue weighted by Crippen LogP contribution is -2.27. The third kappa shape index (κ3) is 3.20. The van der Waals surface area contributed by atoms with Gasteiger partial charge in [0.1, 0.15) is 11.4 Å². The van der Waals surface area contributed by atoms with Crippen LogP contribution in [0, 0.1) is 0 Å². The molecule has 0 radical (unpaired) electrons. The summed E-state index contributed by atoms with van der Waals surface area (Å²) >= 11 is 0. The number of nitrogens with zero attached hydrogens (tertiary/aromatic N) is 2. The first-order valence-corrected chi connectivity index (χ1v) is 6.45. The molecule has 2 rings (SSSR count). The Bertz CT molecular complexity index is 495. The molecule has 1 aliphatic rings. The van der Waals surface area contributed by atoms with Crippen molar-refractivity contribution in [3.63, 3.8) is 0 Å². The summed E-state index contributed by atoms with van der Waals surface area (Å²) in [6.45, 7) is 1.25. The molecule has 110 valence electrons. The molecule has 1 aliphatic heterocycles. The van der Waals surface area contributed by atoms with Gasteiger partial charge in [-0.15, -0.1) is 0 Å². The van der Waals surface area contributed by atoms with Crippen molar-refractivity contribution in [2.45, 2.75) is 31.9 Å². The molecule has 0 aliphatic carbocycles. The zero-order chi connectivity index (χ0) is 14.8. The van der Waals surface area contributed by atoms with E-state index in [9.17, 15) is 18.0 Å². The monoisotopic (exact) mass is 288 g/mol. The largest absolute Gasteiger partial charge is 0.478 e. The van der Waals surface area contributed by atoms with Gasteiger partial charge >= 0.3 is 12.1 Å². The fourth-order valence-corrected chi connectivity index (χ4v) is 2.30. The van der Waals surface area contributed by atoms with Crippen LogP contribution in [-0.2, 0) is 6.18 Å². The second-order valence-electron chi connectivity index (χ2n) is 4.80. The summed E-state index contributed by atoms with van der Waals surface area (Å²) in [4.78, 5) is 16.7. The van der Waals surface area contributed by atoms with Crippen molar-refractivity contribution in [1.29, 1.82) is 0 Å². The third-order valence-electron chi connectivity index (χ3n) is 3.33. The number of carboxylic acid groups (broad SMARTS) is 1. The molecule has 1 aromatic heterocycles. The van der Waals surface area contributed by atoms with Crippen LogP contribution in [0.15, 0.2) is 12.3 Å². The number of hydrogen-bond acceptors (Lipinski definition) is 3. The van der Waals surface area contributed by atoms with E-state index in [0.717, 1.165) is 25.7 Å². The van der Waals surface area contributed by atoms with E-state index in [1.54, 1.807) is 4.90 Å². The van der Waals surface area contributed by atoms with Crippen LogP contribution in [0.4, 0.5) is 19.0 Å². The maximum absolute atomic E-state index is 12.6. The van der Waals surface area contributed by atoms with Gasteiger partial charge in [-0.1, -0.05) is 12.8 Å². The Kier molecular flexibility index (Phi) is 4.15. The molecule has 0 unspecified atom stereocenters. The maximum Gasteiger partial charge on any atom is 0.417 e. The molecular formula is C13H15F3N2O2. The van der Waals surface area contributed by atoms with Crippen molar-refractivity contribution < 1.29 is 23.1 Å². The van der Waals surface area contributed by atoms with Crippen molar-refractivity contribution in [2.24, 2.45) is 0 Å². The number of alkyl halides is 3. The predicted octanol–water partition coefficient (Wildman–Crippen LogP) is 3.18. The van der Waals surface area contributed by atoms with E-state index >= 15 is 0 Å². The van der Waals surface area contributed by atoms with Crippen LogP contribution < -0.4 is 4.90 Å². The Balaban J connectivity index is 2.39. The average molecular weight is 288 g/mol. The van der Waals surface area contributed by atoms with Gasteiger partial charge in [0.2, 0.25) is 0 Å². The summed E-state index contributed by atoms with van der Waals surface area (Å²) in [6, 6.07) is 0.662. The number of carbonyl (C=O) groups is 1. The first-order valence-electron chi connectivity index (χ1n) is 6.45. The molecule has 4 nitrogen and oxygen atoms in total. The summed E-state index contributed by atoms with van der Waals surface area (Å²) in [5.74, 6) is -1.25. The molecule has 1 aromatic rings. The first kappa shape index (κ1) is 14.6. The van der Waals surface area contributed by atoms with Gasteiger partial charge in [-0.2, -0.15) is 13.2 Å². The molecule has 0 saturated carbocycles. The average Bonchev–Trinajstić information content (AvgIpc) is 2.65. The summed E-state index contributed by atoms with van der Waals surface area (Å²) in [6.07, 6.45) is -0.0240. The number of carboxylic acids is 1. The molecule has 7 heteroatoms. The third-order valence-corrected chi connectivity index (χ3v) is 3.33. The molecule has 1 saturated heterocycles. The molecule has 0 bridgehead atoms. The molecular weight excluding hydrogens is 273 g/mol. The fraction of sp³-hybridized carbons (Fsp3) is 0.538. The van der Waals surface area contributed by atoms with Gasteiger partial charge in [0.15, 0.2) is 0 Å². The molecule has 0 aromatic carbocycles. The van der Waals surface area contributed by atoms with E-state index < -0.39 is 17.7 Å². The zero-order valence-electron chi connectivity index (χ0n) is 10.8. The highest BCUT2D eigenvalue weighted by Crippen LogP contribution is 2.32.